The fourth-order valence-corrected chi connectivity index (χ4v) is 3.02. The number of aromatic nitrogens is 1. The van der Waals surface area contributed by atoms with Gasteiger partial charge in [0.2, 0.25) is 0 Å². The minimum atomic E-state index is 0.761. The van der Waals surface area contributed by atoms with E-state index < -0.39 is 0 Å². The molecule has 0 amide bonds. The number of benzene rings is 2. The van der Waals surface area contributed by atoms with Gasteiger partial charge in [0.25, 0.3) is 6.01 Å². The fourth-order valence-electron chi connectivity index (χ4n) is 3.02. The fraction of sp³-hybridized carbons (Fsp3) is 0.353. The molecule has 0 atom stereocenters. The molecule has 4 rings (SSSR count). The molecule has 0 radical (unpaired) electrons. The van der Waals surface area contributed by atoms with Gasteiger partial charge in [-0.1, -0.05) is 30.3 Å². The van der Waals surface area contributed by atoms with E-state index in [1.807, 2.05) is 6.07 Å². The Kier molecular flexibility index (Phi) is 3.04. The molecular weight excluding hydrogens is 262 g/mol. The van der Waals surface area contributed by atoms with Gasteiger partial charge in [-0.3, -0.25) is 0 Å². The lowest BCUT2D eigenvalue weighted by molar-refractivity contribution is 0.359. The van der Waals surface area contributed by atoms with Crippen LogP contribution in [0.1, 0.15) is 6.42 Å². The number of anilines is 1. The third-order valence-corrected chi connectivity index (χ3v) is 4.26. The Morgan fingerprint density at radius 2 is 1.90 bits per heavy atom. The summed E-state index contributed by atoms with van der Waals surface area (Å²) in [5.74, 6) is 0. The highest BCUT2D eigenvalue weighted by atomic mass is 16.4. The summed E-state index contributed by atoms with van der Waals surface area (Å²) >= 11 is 0. The summed E-state index contributed by atoms with van der Waals surface area (Å²) < 4.78 is 6.00. The summed E-state index contributed by atoms with van der Waals surface area (Å²) in [6, 6.07) is 13.2. The van der Waals surface area contributed by atoms with Crippen molar-refractivity contribution in [3.63, 3.8) is 0 Å². The summed E-state index contributed by atoms with van der Waals surface area (Å²) in [4.78, 5) is 9.39. The lowest BCUT2D eigenvalue weighted by Gasteiger charge is -2.17. The normalized spacial score (nSPS) is 17.5. The molecular formula is C17H19N3O. The van der Waals surface area contributed by atoms with Crippen LogP contribution in [-0.4, -0.2) is 43.1 Å². The molecule has 0 N–H and O–H groups in total. The number of oxazole rings is 1. The van der Waals surface area contributed by atoms with Crippen LogP contribution in [0.4, 0.5) is 6.01 Å². The number of hydrogen-bond donors (Lipinski definition) is 0. The second-order valence-corrected chi connectivity index (χ2v) is 5.77. The summed E-state index contributed by atoms with van der Waals surface area (Å²) in [7, 11) is 2.17. The molecule has 4 nitrogen and oxygen atoms in total. The molecule has 2 aromatic carbocycles. The van der Waals surface area contributed by atoms with Gasteiger partial charge in [0.05, 0.1) is 0 Å². The number of hydrogen-bond acceptors (Lipinski definition) is 4. The topological polar surface area (TPSA) is 32.5 Å². The van der Waals surface area contributed by atoms with E-state index in [1.54, 1.807) is 0 Å². The zero-order valence-electron chi connectivity index (χ0n) is 12.2. The molecule has 21 heavy (non-hydrogen) atoms. The lowest BCUT2D eigenvalue weighted by Crippen LogP contribution is -2.28. The Hall–Kier alpha value is -2.07. The maximum Gasteiger partial charge on any atom is 0.298 e. The van der Waals surface area contributed by atoms with E-state index in [2.05, 4.69) is 47.2 Å². The molecule has 3 aromatic rings. The molecule has 1 aliphatic rings. The molecule has 0 unspecified atom stereocenters. The minimum Gasteiger partial charge on any atom is -0.423 e. The SMILES string of the molecule is CN1CCCN(c2nc3c(ccc4ccccc43)o2)CC1. The average molecular weight is 281 g/mol. The van der Waals surface area contributed by atoms with Crippen molar-refractivity contribution in [2.24, 2.45) is 0 Å². The predicted molar refractivity (Wildman–Crippen MR) is 85.8 cm³/mol. The van der Waals surface area contributed by atoms with Crippen LogP contribution in [0, 0.1) is 0 Å². The second kappa shape index (κ2) is 5.04. The summed E-state index contributed by atoms with van der Waals surface area (Å²) in [5.41, 5.74) is 1.85. The van der Waals surface area contributed by atoms with Crippen molar-refractivity contribution in [2.75, 3.05) is 38.1 Å². The number of rotatable bonds is 1. The third kappa shape index (κ3) is 2.25. The molecule has 0 saturated carbocycles. The Morgan fingerprint density at radius 3 is 2.86 bits per heavy atom. The van der Waals surface area contributed by atoms with Gasteiger partial charge in [0.1, 0.15) is 5.52 Å². The summed E-state index contributed by atoms with van der Waals surface area (Å²) in [6.07, 6.45) is 1.15. The zero-order chi connectivity index (χ0) is 14.2. The molecule has 2 heterocycles. The molecule has 0 bridgehead atoms. The van der Waals surface area contributed by atoms with Crippen LogP contribution >= 0.6 is 0 Å². The standard InChI is InChI=1S/C17H19N3O/c1-19-9-4-10-20(12-11-19)17-18-16-14-6-3-2-5-13(14)7-8-15(16)21-17/h2-3,5-8H,4,9-12H2,1H3. The number of fused-ring (bicyclic) bond motifs is 3. The first-order chi connectivity index (χ1) is 10.3. The van der Waals surface area contributed by atoms with Crippen LogP contribution < -0.4 is 4.90 Å². The van der Waals surface area contributed by atoms with Gasteiger partial charge in [0.15, 0.2) is 5.58 Å². The maximum absolute atomic E-state index is 6.00. The quantitative estimate of drug-likeness (QED) is 0.686. The van der Waals surface area contributed by atoms with Gasteiger partial charge >= 0.3 is 0 Å². The van der Waals surface area contributed by atoms with E-state index in [4.69, 9.17) is 9.40 Å². The monoisotopic (exact) mass is 281 g/mol. The largest absolute Gasteiger partial charge is 0.423 e. The van der Waals surface area contributed by atoms with E-state index >= 15 is 0 Å². The van der Waals surface area contributed by atoms with Crippen molar-refractivity contribution in [3.05, 3.63) is 36.4 Å². The first-order valence-electron chi connectivity index (χ1n) is 7.53. The zero-order valence-corrected chi connectivity index (χ0v) is 12.2. The van der Waals surface area contributed by atoms with Crippen LogP contribution in [0.5, 0.6) is 0 Å². The Labute approximate surface area is 124 Å². The van der Waals surface area contributed by atoms with Crippen molar-refractivity contribution < 1.29 is 4.42 Å². The Balaban J connectivity index is 1.78. The molecule has 1 saturated heterocycles. The molecule has 0 spiro atoms. The van der Waals surface area contributed by atoms with E-state index in [0.29, 0.717) is 0 Å². The van der Waals surface area contributed by atoms with Gasteiger partial charge in [-0.05, 0) is 31.5 Å². The highest BCUT2D eigenvalue weighted by Crippen LogP contribution is 2.29. The highest BCUT2D eigenvalue weighted by molar-refractivity contribution is 6.03. The highest BCUT2D eigenvalue weighted by Gasteiger charge is 2.18. The summed E-state index contributed by atoms with van der Waals surface area (Å²) in [5, 5.41) is 2.37. The Bertz CT molecular complexity index is 780. The van der Waals surface area contributed by atoms with Crippen molar-refractivity contribution >= 4 is 27.9 Å². The van der Waals surface area contributed by atoms with E-state index in [1.165, 1.54) is 5.39 Å². The van der Waals surface area contributed by atoms with Crippen LogP contribution in [0.15, 0.2) is 40.8 Å². The molecule has 0 aliphatic carbocycles. The maximum atomic E-state index is 6.00. The van der Waals surface area contributed by atoms with Gasteiger partial charge in [-0.2, -0.15) is 4.98 Å². The average Bonchev–Trinajstić information content (AvgIpc) is 2.83. The van der Waals surface area contributed by atoms with Gasteiger partial charge in [0, 0.05) is 25.0 Å². The first kappa shape index (κ1) is 12.7. The number of nitrogens with zero attached hydrogens (tertiary/aromatic N) is 3. The van der Waals surface area contributed by atoms with Crippen molar-refractivity contribution in [2.45, 2.75) is 6.42 Å². The lowest BCUT2D eigenvalue weighted by atomic mass is 10.1. The molecule has 108 valence electrons. The van der Waals surface area contributed by atoms with Crippen LogP contribution in [0.2, 0.25) is 0 Å². The molecule has 1 aromatic heterocycles. The molecule has 1 aliphatic heterocycles. The van der Waals surface area contributed by atoms with Gasteiger partial charge in [-0.15, -0.1) is 0 Å². The van der Waals surface area contributed by atoms with Crippen LogP contribution in [0.25, 0.3) is 21.9 Å². The van der Waals surface area contributed by atoms with E-state index in [-0.39, 0.29) is 0 Å². The van der Waals surface area contributed by atoms with Crippen LogP contribution in [-0.2, 0) is 0 Å². The molecule has 4 heteroatoms. The van der Waals surface area contributed by atoms with Crippen molar-refractivity contribution in [1.29, 1.82) is 0 Å². The van der Waals surface area contributed by atoms with Gasteiger partial charge in [-0.25, -0.2) is 0 Å². The van der Waals surface area contributed by atoms with Crippen molar-refractivity contribution in [3.8, 4) is 0 Å². The van der Waals surface area contributed by atoms with E-state index in [0.717, 1.165) is 55.1 Å². The number of likely N-dealkylation sites (N-methyl/N-ethyl adjacent to an activating group) is 1. The molecule has 1 fully saturated rings. The Morgan fingerprint density at radius 1 is 1.00 bits per heavy atom. The second-order valence-electron chi connectivity index (χ2n) is 5.77. The summed E-state index contributed by atoms with van der Waals surface area (Å²) in [6.45, 7) is 4.18. The van der Waals surface area contributed by atoms with Gasteiger partial charge < -0.3 is 14.2 Å². The van der Waals surface area contributed by atoms with E-state index in [9.17, 15) is 0 Å². The van der Waals surface area contributed by atoms with Crippen molar-refractivity contribution in [1.82, 2.24) is 9.88 Å². The first-order valence-corrected chi connectivity index (χ1v) is 7.53. The minimum absolute atomic E-state index is 0.761. The van der Waals surface area contributed by atoms with Crippen LogP contribution in [0.3, 0.4) is 0 Å². The smallest absolute Gasteiger partial charge is 0.298 e. The third-order valence-electron chi connectivity index (χ3n) is 4.26. The predicted octanol–water partition coefficient (Wildman–Crippen LogP) is 3.12.